The van der Waals surface area contributed by atoms with E-state index in [2.05, 4.69) is 15.9 Å². The highest BCUT2D eigenvalue weighted by Gasteiger charge is 2.11. The van der Waals surface area contributed by atoms with Gasteiger partial charge in [-0.15, -0.1) is 0 Å². The molecule has 2 rings (SSSR count). The minimum absolute atomic E-state index is 0.204. The Morgan fingerprint density at radius 1 is 1.05 bits per heavy atom. The summed E-state index contributed by atoms with van der Waals surface area (Å²) in [6, 6.07) is 10.1. The van der Waals surface area contributed by atoms with Gasteiger partial charge < -0.3 is 5.73 Å². The van der Waals surface area contributed by atoms with E-state index in [1.807, 2.05) is 6.07 Å². The zero-order valence-corrected chi connectivity index (χ0v) is 13.6. The molecule has 0 aliphatic heterocycles. The van der Waals surface area contributed by atoms with Crippen molar-refractivity contribution >= 4 is 39.1 Å². The topological polar surface area (TPSA) is 26.0 Å². The standard InChI is InChI=1S/C15H13BrCl2FN/c16-11-3-1-10(15(19)7-11)6-13(20)5-9-2-4-12(17)8-14(9)18/h1-4,7-8,13H,5-6,20H2. The highest BCUT2D eigenvalue weighted by Crippen LogP contribution is 2.23. The quantitative estimate of drug-likeness (QED) is 0.797. The molecule has 0 aromatic heterocycles. The van der Waals surface area contributed by atoms with Crippen molar-refractivity contribution in [2.24, 2.45) is 5.73 Å². The molecule has 0 saturated carbocycles. The van der Waals surface area contributed by atoms with Crippen molar-refractivity contribution in [3.05, 3.63) is 67.9 Å². The van der Waals surface area contributed by atoms with Gasteiger partial charge in [0.25, 0.3) is 0 Å². The van der Waals surface area contributed by atoms with Crippen molar-refractivity contribution in [3.8, 4) is 0 Å². The van der Waals surface area contributed by atoms with Gasteiger partial charge >= 0.3 is 0 Å². The Bertz CT molecular complexity index is 565. The maximum atomic E-state index is 13.8. The molecule has 1 nitrogen and oxygen atoms in total. The Labute approximate surface area is 136 Å². The molecule has 0 aliphatic carbocycles. The van der Waals surface area contributed by atoms with Crippen molar-refractivity contribution in [1.82, 2.24) is 0 Å². The first-order valence-corrected chi connectivity index (χ1v) is 7.64. The van der Waals surface area contributed by atoms with Gasteiger partial charge in [-0.2, -0.15) is 0 Å². The average molecular weight is 377 g/mol. The van der Waals surface area contributed by atoms with Crippen LogP contribution in [0.1, 0.15) is 11.1 Å². The zero-order chi connectivity index (χ0) is 14.7. The molecule has 5 heteroatoms. The van der Waals surface area contributed by atoms with Gasteiger partial charge in [0, 0.05) is 20.6 Å². The first kappa shape index (κ1) is 15.8. The fourth-order valence-electron chi connectivity index (χ4n) is 2.01. The van der Waals surface area contributed by atoms with Crippen LogP contribution in [0.5, 0.6) is 0 Å². The molecule has 0 heterocycles. The summed E-state index contributed by atoms with van der Waals surface area (Å²) < 4.78 is 14.5. The Morgan fingerprint density at radius 2 is 1.70 bits per heavy atom. The summed E-state index contributed by atoms with van der Waals surface area (Å²) in [6.45, 7) is 0. The molecule has 0 saturated heterocycles. The summed E-state index contributed by atoms with van der Waals surface area (Å²) in [5, 5.41) is 1.18. The van der Waals surface area contributed by atoms with E-state index in [1.54, 1.807) is 24.3 Å². The average Bonchev–Trinajstić information content (AvgIpc) is 2.36. The van der Waals surface area contributed by atoms with Crippen molar-refractivity contribution in [2.45, 2.75) is 18.9 Å². The Balaban J connectivity index is 2.07. The van der Waals surface area contributed by atoms with Gasteiger partial charge in [0.05, 0.1) is 0 Å². The van der Waals surface area contributed by atoms with Crippen molar-refractivity contribution < 1.29 is 4.39 Å². The molecule has 1 atom stereocenters. The van der Waals surface area contributed by atoms with Crippen molar-refractivity contribution in [2.75, 3.05) is 0 Å². The third kappa shape index (κ3) is 4.19. The summed E-state index contributed by atoms with van der Waals surface area (Å²) in [5.41, 5.74) is 7.60. The molecule has 2 aromatic rings. The van der Waals surface area contributed by atoms with Crippen LogP contribution >= 0.6 is 39.1 Å². The number of benzene rings is 2. The van der Waals surface area contributed by atoms with Gasteiger partial charge in [-0.25, -0.2) is 4.39 Å². The molecule has 0 radical (unpaired) electrons. The van der Waals surface area contributed by atoms with E-state index in [1.165, 1.54) is 6.07 Å². The third-order valence-corrected chi connectivity index (χ3v) is 4.07. The molecule has 20 heavy (non-hydrogen) atoms. The predicted octanol–water partition coefficient (Wildman–Crippen LogP) is 5.01. The number of hydrogen-bond acceptors (Lipinski definition) is 1. The van der Waals surface area contributed by atoms with Gasteiger partial charge in [-0.05, 0) is 48.2 Å². The van der Waals surface area contributed by atoms with Crippen LogP contribution in [0, 0.1) is 5.82 Å². The lowest BCUT2D eigenvalue weighted by molar-refractivity contribution is 0.583. The summed E-state index contributed by atoms with van der Waals surface area (Å²) in [5.74, 6) is -0.253. The van der Waals surface area contributed by atoms with Crippen LogP contribution in [0.25, 0.3) is 0 Å². The maximum Gasteiger partial charge on any atom is 0.127 e. The molecule has 1 unspecified atom stereocenters. The van der Waals surface area contributed by atoms with E-state index in [0.29, 0.717) is 32.9 Å². The van der Waals surface area contributed by atoms with E-state index in [9.17, 15) is 4.39 Å². The Hall–Kier alpha value is -0.610. The van der Waals surface area contributed by atoms with Crippen LogP contribution < -0.4 is 5.73 Å². The van der Waals surface area contributed by atoms with Gasteiger partial charge in [-0.3, -0.25) is 0 Å². The van der Waals surface area contributed by atoms with Gasteiger partial charge in [-0.1, -0.05) is 51.3 Å². The largest absolute Gasteiger partial charge is 0.327 e. The van der Waals surface area contributed by atoms with Crippen LogP contribution in [-0.2, 0) is 12.8 Å². The molecule has 0 amide bonds. The highest BCUT2D eigenvalue weighted by molar-refractivity contribution is 9.10. The second-order valence-corrected chi connectivity index (χ2v) is 6.40. The zero-order valence-electron chi connectivity index (χ0n) is 10.5. The molecule has 106 valence electrons. The lowest BCUT2D eigenvalue weighted by atomic mass is 9.99. The van der Waals surface area contributed by atoms with Crippen LogP contribution in [0.2, 0.25) is 10.0 Å². The molecule has 2 N–H and O–H groups in total. The minimum atomic E-state index is -0.253. The van der Waals surface area contributed by atoms with E-state index in [-0.39, 0.29) is 11.9 Å². The first-order valence-electron chi connectivity index (χ1n) is 6.09. The van der Waals surface area contributed by atoms with Gasteiger partial charge in [0.2, 0.25) is 0 Å². The molecular formula is C15H13BrCl2FN. The number of rotatable bonds is 4. The Morgan fingerprint density at radius 3 is 2.35 bits per heavy atom. The lowest BCUT2D eigenvalue weighted by Crippen LogP contribution is -2.26. The first-order chi connectivity index (χ1) is 9.45. The van der Waals surface area contributed by atoms with Crippen LogP contribution in [0.15, 0.2) is 40.9 Å². The van der Waals surface area contributed by atoms with E-state index in [0.717, 1.165) is 5.56 Å². The smallest absolute Gasteiger partial charge is 0.127 e. The molecule has 2 aromatic carbocycles. The van der Waals surface area contributed by atoms with Gasteiger partial charge in [0.1, 0.15) is 5.82 Å². The normalized spacial score (nSPS) is 12.4. The van der Waals surface area contributed by atoms with Gasteiger partial charge in [0.15, 0.2) is 0 Å². The molecule has 0 fully saturated rings. The summed E-state index contributed by atoms with van der Waals surface area (Å²) in [4.78, 5) is 0. The molecular weight excluding hydrogens is 364 g/mol. The minimum Gasteiger partial charge on any atom is -0.327 e. The fourth-order valence-corrected chi connectivity index (χ4v) is 2.83. The second kappa shape index (κ2) is 6.90. The van der Waals surface area contributed by atoms with Crippen LogP contribution in [0.4, 0.5) is 4.39 Å². The van der Waals surface area contributed by atoms with Crippen molar-refractivity contribution in [3.63, 3.8) is 0 Å². The second-order valence-electron chi connectivity index (χ2n) is 4.64. The molecule has 0 spiro atoms. The van der Waals surface area contributed by atoms with E-state index >= 15 is 0 Å². The number of hydrogen-bond donors (Lipinski definition) is 1. The van der Waals surface area contributed by atoms with E-state index < -0.39 is 0 Å². The maximum absolute atomic E-state index is 13.8. The monoisotopic (exact) mass is 375 g/mol. The lowest BCUT2D eigenvalue weighted by Gasteiger charge is -2.14. The summed E-state index contributed by atoms with van der Waals surface area (Å²) >= 11 is 15.2. The number of nitrogens with two attached hydrogens (primary N) is 1. The van der Waals surface area contributed by atoms with E-state index in [4.69, 9.17) is 28.9 Å². The molecule has 0 aliphatic rings. The predicted molar refractivity (Wildman–Crippen MR) is 85.9 cm³/mol. The summed E-state index contributed by atoms with van der Waals surface area (Å²) in [7, 11) is 0. The van der Waals surface area contributed by atoms with Crippen molar-refractivity contribution in [1.29, 1.82) is 0 Å². The molecule has 0 bridgehead atoms. The highest BCUT2D eigenvalue weighted by atomic mass is 79.9. The fraction of sp³-hybridized carbons (Fsp3) is 0.200. The number of halogens is 4. The van der Waals surface area contributed by atoms with Crippen LogP contribution in [0.3, 0.4) is 0 Å². The summed E-state index contributed by atoms with van der Waals surface area (Å²) in [6.07, 6.45) is 1.03. The third-order valence-electron chi connectivity index (χ3n) is 2.99. The van der Waals surface area contributed by atoms with Crippen LogP contribution in [-0.4, -0.2) is 6.04 Å². The SMILES string of the molecule is NC(Cc1ccc(Br)cc1F)Cc1ccc(Cl)cc1Cl. The Kier molecular flexibility index (Phi) is 5.44.